The van der Waals surface area contributed by atoms with Crippen LogP contribution in [0.1, 0.15) is 177 Å². The molecule has 0 radical (unpaired) electrons. The third-order valence-corrected chi connectivity index (χ3v) is 19.8. The molecule has 4 heterocycles. The molecule has 0 N–H and O–H groups in total. The Morgan fingerprint density at radius 2 is 1.00 bits per heavy atom. The standard InChI is InChI=1S/C76H84BN3O/c1-70(2,3)48-25-31-53(32-26-48)78(54-33-27-49(28-34-54)71(4,5)6)55-45-63-66-64(46-55)80-67-59(75(16)39-21-22-40-76(75,80)17)42-52(74(13,14)15)43-61(67)77(66)60-37-36-57-56-35-29-51(73(10,11)12)44-65(56)81-69(57)68(60)79(63)62-38-30-50(72(7,8)9)41-58(62)47-23-19-18-20-24-47/h18-20,23-38,41-46H,21-22,39-40H2,1-17H3. The van der Waals surface area contributed by atoms with Crippen molar-refractivity contribution in [2.75, 3.05) is 14.7 Å². The number of nitrogens with zero attached hydrogens (tertiary/aromatic N) is 3. The van der Waals surface area contributed by atoms with E-state index in [1.807, 2.05) is 0 Å². The lowest BCUT2D eigenvalue weighted by atomic mass is 9.33. The maximum atomic E-state index is 7.58. The van der Waals surface area contributed by atoms with E-state index >= 15 is 0 Å². The summed E-state index contributed by atoms with van der Waals surface area (Å²) >= 11 is 0. The highest BCUT2D eigenvalue weighted by atomic mass is 16.3. The molecule has 0 amide bonds. The second kappa shape index (κ2) is 17.8. The molecule has 8 aromatic carbocycles. The number of hydrogen-bond acceptors (Lipinski definition) is 4. The van der Waals surface area contributed by atoms with Crippen LogP contribution in [0.3, 0.4) is 0 Å². The average Bonchev–Trinajstić information content (AvgIpc) is 1.73. The van der Waals surface area contributed by atoms with Gasteiger partial charge in [0.2, 0.25) is 0 Å². The average molecular weight is 1070 g/mol. The van der Waals surface area contributed by atoms with Gasteiger partial charge < -0.3 is 19.1 Å². The largest absolute Gasteiger partial charge is 0.454 e. The molecule has 0 saturated heterocycles. The molecule has 0 spiro atoms. The molecule has 13 rings (SSSR count). The van der Waals surface area contributed by atoms with Gasteiger partial charge in [0.1, 0.15) is 5.58 Å². The minimum atomic E-state index is -0.189. The van der Waals surface area contributed by atoms with Gasteiger partial charge in [-0.15, -0.1) is 0 Å². The van der Waals surface area contributed by atoms with Crippen LogP contribution in [-0.4, -0.2) is 12.3 Å². The predicted molar refractivity (Wildman–Crippen MR) is 349 cm³/mol. The number of benzene rings is 8. The number of anilines is 8. The van der Waals surface area contributed by atoms with Crippen LogP contribution in [0.25, 0.3) is 33.1 Å². The van der Waals surface area contributed by atoms with E-state index in [0.717, 1.165) is 63.2 Å². The molecule has 4 aliphatic rings. The predicted octanol–water partition coefficient (Wildman–Crippen LogP) is 19.6. The Hall–Kier alpha value is -6.98. The van der Waals surface area contributed by atoms with Crippen molar-refractivity contribution in [3.8, 4) is 11.1 Å². The Bertz CT molecular complexity index is 3940. The molecule has 3 aliphatic heterocycles. The van der Waals surface area contributed by atoms with Crippen LogP contribution in [0, 0.1) is 0 Å². The molecule has 1 aromatic heterocycles. The van der Waals surface area contributed by atoms with E-state index in [0.29, 0.717) is 0 Å². The van der Waals surface area contributed by atoms with Gasteiger partial charge in [0, 0.05) is 50.2 Å². The third-order valence-electron chi connectivity index (χ3n) is 19.8. The summed E-state index contributed by atoms with van der Waals surface area (Å²) in [6.07, 6.45) is 4.69. The van der Waals surface area contributed by atoms with Gasteiger partial charge in [-0.3, -0.25) is 0 Å². The van der Waals surface area contributed by atoms with Crippen molar-refractivity contribution in [1.29, 1.82) is 0 Å². The van der Waals surface area contributed by atoms with Gasteiger partial charge in [0.25, 0.3) is 6.71 Å². The number of hydrogen-bond donors (Lipinski definition) is 0. The first-order chi connectivity index (χ1) is 38.1. The minimum absolute atomic E-state index is 0.00170. The van der Waals surface area contributed by atoms with Crippen LogP contribution >= 0.6 is 0 Å². The summed E-state index contributed by atoms with van der Waals surface area (Å²) in [5, 5.41) is 2.28. The van der Waals surface area contributed by atoms with Crippen molar-refractivity contribution >= 4 is 90.5 Å². The van der Waals surface area contributed by atoms with E-state index in [4.69, 9.17) is 4.42 Å². The summed E-state index contributed by atoms with van der Waals surface area (Å²) in [7, 11) is 0. The first-order valence-electron chi connectivity index (χ1n) is 30.2. The van der Waals surface area contributed by atoms with Crippen LogP contribution in [-0.2, 0) is 32.5 Å². The Labute approximate surface area is 484 Å². The molecular formula is C76H84BN3O. The normalized spacial score (nSPS) is 18.8. The van der Waals surface area contributed by atoms with Crippen molar-refractivity contribution in [3.05, 3.63) is 185 Å². The molecule has 2 atom stereocenters. The number of fused-ring (bicyclic) bond motifs is 11. The SMILES string of the molecule is CC(C)(C)c1ccc(N(c2ccc(C(C)(C)C)cc2)c2cc3c4c(c2)N2c5c(cc(C(C)(C)C)cc5C5(C)CCCCC25C)B4c2ccc4c(oc5cc(C(C)(C)C)ccc54)c2N3c2ccc(C(C)(C)C)cc2-c2ccccc2)cc1. The van der Waals surface area contributed by atoms with E-state index < -0.39 is 0 Å². The maximum absolute atomic E-state index is 7.58. The summed E-state index contributed by atoms with van der Waals surface area (Å²) in [4.78, 5) is 8.12. The van der Waals surface area contributed by atoms with E-state index in [-0.39, 0.29) is 44.7 Å². The summed E-state index contributed by atoms with van der Waals surface area (Å²) in [6, 6.07) is 59.5. The fourth-order valence-corrected chi connectivity index (χ4v) is 14.6. The van der Waals surface area contributed by atoms with E-state index in [1.165, 1.54) is 90.8 Å². The monoisotopic (exact) mass is 1070 g/mol. The van der Waals surface area contributed by atoms with Crippen molar-refractivity contribution < 1.29 is 4.42 Å². The van der Waals surface area contributed by atoms with Crippen LogP contribution in [0.5, 0.6) is 0 Å². The molecule has 4 nitrogen and oxygen atoms in total. The van der Waals surface area contributed by atoms with Crippen molar-refractivity contribution in [2.45, 2.75) is 181 Å². The molecular weight excluding hydrogens is 982 g/mol. The fourth-order valence-electron chi connectivity index (χ4n) is 14.6. The Balaban J connectivity index is 1.22. The first-order valence-corrected chi connectivity index (χ1v) is 30.2. The van der Waals surface area contributed by atoms with Gasteiger partial charge in [-0.05, 0) is 157 Å². The molecule has 5 heteroatoms. The van der Waals surface area contributed by atoms with E-state index in [2.05, 4.69) is 284 Å². The summed E-state index contributed by atoms with van der Waals surface area (Å²) < 4.78 is 7.58. The van der Waals surface area contributed by atoms with Crippen molar-refractivity contribution in [1.82, 2.24) is 0 Å². The molecule has 2 unspecified atom stereocenters. The van der Waals surface area contributed by atoms with Gasteiger partial charge in [-0.25, -0.2) is 0 Å². The molecule has 1 fully saturated rings. The zero-order chi connectivity index (χ0) is 57.3. The second-order valence-electron chi connectivity index (χ2n) is 30.2. The topological polar surface area (TPSA) is 22.9 Å². The molecule has 1 saturated carbocycles. The zero-order valence-corrected chi connectivity index (χ0v) is 51.6. The van der Waals surface area contributed by atoms with Crippen LogP contribution in [0.2, 0.25) is 0 Å². The van der Waals surface area contributed by atoms with Crippen LogP contribution < -0.4 is 31.1 Å². The lowest BCUT2D eigenvalue weighted by molar-refractivity contribution is 0.195. The molecule has 9 aromatic rings. The van der Waals surface area contributed by atoms with Gasteiger partial charge >= 0.3 is 0 Å². The fraction of sp³-hybridized carbons (Fsp3) is 0.368. The summed E-state index contributed by atoms with van der Waals surface area (Å²) in [5.74, 6) is 0. The highest BCUT2D eigenvalue weighted by Crippen LogP contribution is 2.63. The lowest BCUT2D eigenvalue weighted by Crippen LogP contribution is -2.64. The van der Waals surface area contributed by atoms with Crippen molar-refractivity contribution in [2.24, 2.45) is 0 Å². The number of rotatable bonds is 5. The Morgan fingerprint density at radius 3 is 1.60 bits per heavy atom. The summed E-state index contributed by atoms with van der Waals surface area (Å²) in [5.41, 5.74) is 25.5. The van der Waals surface area contributed by atoms with Gasteiger partial charge in [0.05, 0.1) is 22.6 Å². The van der Waals surface area contributed by atoms with Crippen LogP contribution in [0.4, 0.5) is 45.5 Å². The second-order valence-corrected chi connectivity index (χ2v) is 30.2. The van der Waals surface area contributed by atoms with Crippen molar-refractivity contribution in [3.63, 3.8) is 0 Å². The smallest absolute Gasteiger partial charge is 0.252 e. The third kappa shape index (κ3) is 8.19. The van der Waals surface area contributed by atoms with E-state index in [9.17, 15) is 0 Å². The lowest BCUT2D eigenvalue weighted by Gasteiger charge is -2.53. The van der Waals surface area contributed by atoms with Gasteiger partial charge in [-0.1, -0.05) is 221 Å². The van der Waals surface area contributed by atoms with Gasteiger partial charge in [-0.2, -0.15) is 0 Å². The molecule has 81 heavy (non-hydrogen) atoms. The first kappa shape index (κ1) is 53.3. The minimum Gasteiger partial charge on any atom is -0.454 e. The molecule has 412 valence electrons. The quantitative estimate of drug-likeness (QED) is 0.160. The Morgan fingerprint density at radius 1 is 0.457 bits per heavy atom. The van der Waals surface area contributed by atoms with Crippen LogP contribution in [0.15, 0.2) is 156 Å². The zero-order valence-electron chi connectivity index (χ0n) is 51.6. The Kier molecular flexibility index (Phi) is 11.7. The molecule has 1 aliphatic carbocycles. The molecule has 0 bridgehead atoms. The highest BCUT2D eigenvalue weighted by molar-refractivity contribution is 7.00. The number of furan rings is 1. The van der Waals surface area contributed by atoms with E-state index in [1.54, 1.807) is 0 Å². The van der Waals surface area contributed by atoms with Gasteiger partial charge in [0.15, 0.2) is 5.58 Å². The maximum Gasteiger partial charge on any atom is 0.252 e. The highest BCUT2D eigenvalue weighted by Gasteiger charge is 2.62. The summed E-state index contributed by atoms with van der Waals surface area (Å²) in [6.45, 7) is 40.2.